The number of sulfonamides is 1. The molecule has 3 atom stereocenters. The van der Waals surface area contributed by atoms with Gasteiger partial charge >= 0.3 is 0 Å². The summed E-state index contributed by atoms with van der Waals surface area (Å²) in [6.45, 7) is 3.52. The number of rotatable bonds is 7. The Morgan fingerprint density at radius 3 is 2.46 bits per heavy atom. The molecular weight excluding hydrogens is 344 g/mol. The fourth-order valence-corrected chi connectivity index (χ4v) is 5.02. The van der Waals surface area contributed by atoms with Crippen molar-refractivity contribution >= 4 is 15.7 Å². The third-order valence-electron chi connectivity index (χ3n) is 5.63. The molecule has 1 saturated carbocycles. The van der Waals surface area contributed by atoms with Gasteiger partial charge in [-0.15, -0.1) is 0 Å². The first-order valence-electron chi connectivity index (χ1n) is 9.34. The predicted octanol–water partition coefficient (Wildman–Crippen LogP) is 3.34. The number of hydrogen-bond acceptors (Lipinski definition) is 3. The van der Waals surface area contributed by atoms with Crippen LogP contribution in [0.5, 0.6) is 0 Å². The van der Waals surface area contributed by atoms with Crippen molar-refractivity contribution in [2.75, 3.05) is 30.6 Å². The molecule has 1 aliphatic heterocycles. The van der Waals surface area contributed by atoms with Crippen LogP contribution in [0.1, 0.15) is 23.5 Å². The molecule has 4 rings (SSSR count). The van der Waals surface area contributed by atoms with E-state index in [1.54, 1.807) is 0 Å². The average molecular weight is 371 g/mol. The van der Waals surface area contributed by atoms with Crippen molar-refractivity contribution < 1.29 is 8.42 Å². The second-order valence-corrected chi connectivity index (χ2v) is 9.45. The van der Waals surface area contributed by atoms with Crippen LogP contribution in [-0.2, 0) is 16.4 Å². The summed E-state index contributed by atoms with van der Waals surface area (Å²) >= 11 is 0. The van der Waals surface area contributed by atoms with E-state index in [-0.39, 0.29) is 0 Å². The maximum atomic E-state index is 11.4. The maximum absolute atomic E-state index is 11.4. The van der Waals surface area contributed by atoms with Crippen molar-refractivity contribution in [2.45, 2.75) is 18.8 Å². The molecule has 2 fully saturated rings. The number of anilines is 1. The van der Waals surface area contributed by atoms with Crippen LogP contribution in [0.2, 0.25) is 0 Å². The van der Waals surface area contributed by atoms with Crippen molar-refractivity contribution in [1.82, 2.24) is 4.90 Å². The number of likely N-dealkylation sites (tertiary alicyclic amines) is 1. The van der Waals surface area contributed by atoms with E-state index in [1.807, 2.05) is 18.2 Å². The molecule has 1 heterocycles. The molecule has 5 heteroatoms. The monoisotopic (exact) mass is 370 g/mol. The SMILES string of the molecule is CS(=O)(=O)Nc1cccc(C2[C@H]3CN(CCCc4ccccc4)C[C@@H]23)c1. The van der Waals surface area contributed by atoms with Gasteiger partial charge in [0, 0.05) is 18.8 Å². The molecular formula is C21H26N2O2S. The number of benzene rings is 2. The van der Waals surface area contributed by atoms with E-state index in [4.69, 9.17) is 0 Å². The summed E-state index contributed by atoms with van der Waals surface area (Å²) < 4.78 is 25.4. The Balaban J connectivity index is 1.27. The Morgan fingerprint density at radius 2 is 1.77 bits per heavy atom. The standard InChI is InChI=1S/C21H26N2O2S/c1-26(24,25)22-18-11-5-10-17(13-18)21-19-14-23(15-20(19)21)12-6-9-16-7-3-2-4-8-16/h2-5,7-8,10-11,13,19-22H,6,9,12,14-15H2,1H3/t19-,20+,21?. The molecule has 138 valence electrons. The van der Waals surface area contributed by atoms with E-state index in [9.17, 15) is 8.42 Å². The number of fused-ring (bicyclic) bond motifs is 1. The van der Waals surface area contributed by atoms with Crippen LogP contribution in [0.4, 0.5) is 5.69 Å². The van der Waals surface area contributed by atoms with Gasteiger partial charge in [-0.1, -0.05) is 42.5 Å². The molecule has 1 N–H and O–H groups in total. The zero-order chi connectivity index (χ0) is 18.1. The lowest BCUT2D eigenvalue weighted by atomic mass is 10.1. The van der Waals surface area contributed by atoms with E-state index >= 15 is 0 Å². The zero-order valence-corrected chi connectivity index (χ0v) is 16.0. The van der Waals surface area contributed by atoms with Crippen molar-refractivity contribution in [3.63, 3.8) is 0 Å². The highest BCUT2D eigenvalue weighted by Gasteiger charge is 2.55. The van der Waals surface area contributed by atoms with E-state index in [0.29, 0.717) is 11.6 Å². The first kappa shape index (κ1) is 17.6. The van der Waals surface area contributed by atoms with Gasteiger partial charge in [0.25, 0.3) is 0 Å². The predicted molar refractivity (Wildman–Crippen MR) is 106 cm³/mol. The van der Waals surface area contributed by atoms with Crippen molar-refractivity contribution in [1.29, 1.82) is 0 Å². The molecule has 2 aromatic carbocycles. The minimum atomic E-state index is -3.22. The molecule has 0 aromatic heterocycles. The Morgan fingerprint density at radius 1 is 1.04 bits per heavy atom. The Kier molecular flexibility index (Phi) is 4.76. The van der Waals surface area contributed by atoms with Gasteiger partial charge in [0.05, 0.1) is 6.26 Å². The average Bonchev–Trinajstić information content (AvgIpc) is 3.10. The molecule has 0 spiro atoms. The molecule has 0 bridgehead atoms. The van der Waals surface area contributed by atoms with Gasteiger partial charge in [-0.2, -0.15) is 0 Å². The molecule has 1 unspecified atom stereocenters. The van der Waals surface area contributed by atoms with Crippen molar-refractivity contribution in [3.8, 4) is 0 Å². The fourth-order valence-electron chi connectivity index (χ4n) is 4.47. The van der Waals surface area contributed by atoms with Crippen molar-refractivity contribution in [3.05, 3.63) is 65.7 Å². The molecule has 2 aromatic rings. The third-order valence-corrected chi connectivity index (χ3v) is 6.23. The van der Waals surface area contributed by atoms with Gasteiger partial charge in [0.15, 0.2) is 0 Å². The number of hydrogen-bond donors (Lipinski definition) is 1. The second-order valence-electron chi connectivity index (χ2n) is 7.70. The van der Waals surface area contributed by atoms with Crippen LogP contribution >= 0.6 is 0 Å². The smallest absolute Gasteiger partial charge is 0.229 e. The lowest BCUT2D eigenvalue weighted by Crippen LogP contribution is -2.25. The second kappa shape index (κ2) is 7.05. The van der Waals surface area contributed by atoms with E-state index in [1.165, 1.54) is 43.4 Å². The van der Waals surface area contributed by atoms with E-state index < -0.39 is 10.0 Å². The van der Waals surface area contributed by atoms with E-state index in [2.05, 4.69) is 46.0 Å². The number of aryl methyl sites for hydroxylation is 1. The highest BCUT2D eigenvalue weighted by atomic mass is 32.2. The lowest BCUT2D eigenvalue weighted by Gasteiger charge is -2.19. The normalized spacial score (nSPS) is 25.0. The third kappa shape index (κ3) is 4.10. The molecule has 0 amide bonds. The molecule has 1 aliphatic carbocycles. The zero-order valence-electron chi connectivity index (χ0n) is 15.1. The lowest BCUT2D eigenvalue weighted by molar-refractivity contribution is 0.294. The first-order chi connectivity index (χ1) is 12.5. The summed E-state index contributed by atoms with van der Waals surface area (Å²) in [5, 5.41) is 0. The molecule has 1 saturated heterocycles. The highest BCUT2D eigenvalue weighted by molar-refractivity contribution is 7.92. The van der Waals surface area contributed by atoms with Crippen molar-refractivity contribution in [2.24, 2.45) is 11.8 Å². The van der Waals surface area contributed by atoms with Gasteiger partial charge in [-0.25, -0.2) is 8.42 Å². The van der Waals surface area contributed by atoms with Gasteiger partial charge in [-0.3, -0.25) is 4.72 Å². The van der Waals surface area contributed by atoms with Gasteiger partial charge in [0.1, 0.15) is 0 Å². The summed E-state index contributed by atoms with van der Waals surface area (Å²) in [5.41, 5.74) is 3.37. The number of piperidine rings is 1. The Labute approximate surface area is 156 Å². The summed E-state index contributed by atoms with van der Waals surface area (Å²) in [4.78, 5) is 2.59. The van der Waals surface area contributed by atoms with Gasteiger partial charge in [0.2, 0.25) is 10.0 Å². The first-order valence-corrected chi connectivity index (χ1v) is 11.2. The van der Waals surface area contributed by atoms with Crippen LogP contribution in [0, 0.1) is 11.8 Å². The molecule has 0 radical (unpaired) electrons. The summed E-state index contributed by atoms with van der Waals surface area (Å²) in [7, 11) is -3.22. The van der Waals surface area contributed by atoms with Crippen LogP contribution in [0.25, 0.3) is 0 Å². The summed E-state index contributed by atoms with van der Waals surface area (Å²) in [6.07, 6.45) is 3.55. The largest absolute Gasteiger partial charge is 0.303 e. The quantitative estimate of drug-likeness (QED) is 0.813. The highest BCUT2D eigenvalue weighted by Crippen LogP contribution is 2.58. The Hall–Kier alpha value is -1.85. The Bertz CT molecular complexity index is 855. The summed E-state index contributed by atoms with van der Waals surface area (Å²) in [5.74, 6) is 2.07. The van der Waals surface area contributed by atoms with E-state index in [0.717, 1.165) is 18.3 Å². The fraction of sp³-hybridized carbons (Fsp3) is 0.429. The topological polar surface area (TPSA) is 49.4 Å². The van der Waals surface area contributed by atoms with Gasteiger partial charge in [-0.05, 0) is 60.4 Å². The maximum Gasteiger partial charge on any atom is 0.229 e. The van der Waals surface area contributed by atoms with Gasteiger partial charge < -0.3 is 4.90 Å². The summed E-state index contributed by atoms with van der Waals surface area (Å²) in [6, 6.07) is 18.6. The number of nitrogens with one attached hydrogen (secondary N) is 1. The number of nitrogens with zero attached hydrogens (tertiary/aromatic N) is 1. The van der Waals surface area contributed by atoms with Crippen LogP contribution in [-0.4, -0.2) is 39.2 Å². The minimum absolute atomic E-state index is 0.599. The molecule has 26 heavy (non-hydrogen) atoms. The minimum Gasteiger partial charge on any atom is -0.303 e. The van der Waals surface area contributed by atoms with Crippen LogP contribution in [0.15, 0.2) is 54.6 Å². The van der Waals surface area contributed by atoms with Crippen LogP contribution in [0.3, 0.4) is 0 Å². The molecule has 2 aliphatic rings. The molecule has 4 nitrogen and oxygen atoms in total. The van der Waals surface area contributed by atoms with Crippen LogP contribution < -0.4 is 4.72 Å².